The third-order valence-electron chi connectivity index (χ3n) is 19.3. The van der Waals surface area contributed by atoms with E-state index in [-0.39, 0.29) is 66.0 Å². The molecule has 70 heavy (non-hydrogen) atoms. The minimum atomic E-state index is 0. The fourth-order valence-corrected chi connectivity index (χ4v) is 45.5. The van der Waals surface area contributed by atoms with E-state index in [0.29, 0.717) is 20.1 Å². The summed E-state index contributed by atoms with van der Waals surface area (Å²) in [6.07, 6.45) is 59.4. The maximum atomic E-state index is 3.04. The molecule has 7 aliphatic carbocycles. The van der Waals surface area contributed by atoms with E-state index in [1.165, 1.54) is 64.2 Å². The summed E-state index contributed by atoms with van der Waals surface area (Å²) in [4.78, 5) is 0. The van der Waals surface area contributed by atoms with Crippen LogP contribution in [-0.2, 0) is 20.1 Å². The zero-order valence-electron chi connectivity index (χ0n) is 41.7. The van der Waals surface area contributed by atoms with Crippen molar-refractivity contribution in [1.82, 2.24) is 0 Å². The average molecular weight is 1170 g/mol. The molecule has 0 aromatic rings. The molecule has 0 aromatic carbocycles. The van der Waals surface area contributed by atoms with Crippen LogP contribution in [0.2, 0.25) is 0 Å². The fraction of sp³-hybridized carbons (Fsp3) is 1.00. The van der Waals surface area contributed by atoms with Crippen LogP contribution in [0.3, 0.4) is 0 Å². The fourth-order valence-electron chi connectivity index (χ4n) is 15.1. The van der Waals surface area contributed by atoms with E-state index in [1.807, 2.05) is 0 Å². The second-order valence-corrected chi connectivity index (χ2v) is 54.6. The van der Waals surface area contributed by atoms with Gasteiger partial charge in [-0.15, -0.1) is 0 Å². The SMILES string of the molecule is C.C.C.C.C.C.C.CCC1CCC(CC2CCC(CC3CCC(CC4CCC(S(C)=PP(P)P)CC4)CC3)CC2)CC1.CCC1CCC(CC2CCC(CC3CCC(S(C)=PP(P)P)CC3)CC2)CC1. The molecule has 10 heteroatoms. The summed E-state index contributed by atoms with van der Waals surface area (Å²) in [6, 6.07) is 0. The zero-order valence-corrected chi connectivity index (χ0v) is 51.6. The molecule has 0 bridgehead atoms. The molecule has 7 saturated carbocycles. The highest BCUT2D eigenvalue weighted by atomic mass is 32.9. The van der Waals surface area contributed by atoms with Gasteiger partial charge in [-0.3, -0.25) is 0 Å². The third kappa shape index (κ3) is 27.8. The van der Waals surface area contributed by atoms with E-state index in [9.17, 15) is 0 Å². The quantitative estimate of drug-likeness (QED) is 0.135. The summed E-state index contributed by atoms with van der Waals surface area (Å²) < 4.78 is 0. The molecule has 424 valence electrons. The number of rotatable bonds is 16. The highest BCUT2D eigenvalue weighted by Gasteiger charge is 2.33. The van der Waals surface area contributed by atoms with Gasteiger partial charge in [-0.05, 0) is 195 Å². The summed E-state index contributed by atoms with van der Waals surface area (Å²) in [5.41, 5.74) is 0. The maximum absolute atomic E-state index is 3.04. The van der Waals surface area contributed by atoms with Gasteiger partial charge in [-0.1, -0.05) is 243 Å². The van der Waals surface area contributed by atoms with Crippen LogP contribution < -0.4 is 0 Å². The predicted molar refractivity (Wildman–Crippen MR) is 363 cm³/mol. The topological polar surface area (TPSA) is 0 Å². The second kappa shape index (κ2) is 41.8. The van der Waals surface area contributed by atoms with Crippen molar-refractivity contribution in [1.29, 1.82) is 0 Å². The van der Waals surface area contributed by atoms with Crippen LogP contribution in [-0.4, -0.2) is 23.0 Å². The first-order valence-electron chi connectivity index (χ1n) is 27.8. The molecule has 6 atom stereocenters. The van der Waals surface area contributed by atoms with E-state index in [2.05, 4.69) is 62.1 Å². The van der Waals surface area contributed by atoms with Crippen molar-refractivity contribution in [2.24, 2.45) is 71.0 Å². The molecule has 0 radical (unpaired) electrons. The summed E-state index contributed by atoms with van der Waals surface area (Å²) in [5, 5.41) is 2.09. The number of hydrogen-bond acceptors (Lipinski definition) is 0. The molecule has 7 rings (SSSR count). The lowest BCUT2D eigenvalue weighted by molar-refractivity contribution is 0.156. The summed E-state index contributed by atoms with van der Waals surface area (Å²) in [7, 11) is 16.8. The molecule has 7 aliphatic rings. The Hall–Kier alpha value is 3.88. The van der Waals surface area contributed by atoms with Gasteiger partial charge in [0, 0.05) is 10.5 Å². The van der Waals surface area contributed by atoms with Crippen LogP contribution in [0.25, 0.3) is 0 Å². The minimum Gasteiger partial charge on any atom is -0.158 e. The maximum Gasteiger partial charge on any atom is 0.00357 e. The average Bonchev–Trinajstić information content (AvgIpc) is 3.29. The molecule has 7 fully saturated rings. The summed E-state index contributed by atoms with van der Waals surface area (Å²) in [6.45, 7) is 5.02. The Morgan fingerprint density at radius 3 is 0.571 bits per heavy atom. The monoisotopic (exact) mass is 1160 g/mol. The normalized spacial score (nSPS) is 35.5. The molecule has 0 amide bonds. The Kier molecular flexibility index (Phi) is 45.4. The van der Waals surface area contributed by atoms with Crippen molar-refractivity contribution < 1.29 is 0 Å². The first-order valence-corrected chi connectivity index (χ1v) is 44.8. The van der Waals surface area contributed by atoms with Crippen molar-refractivity contribution >= 4 is 83.9 Å². The molecule has 0 heterocycles. The van der Waals surface area contributed by atoms with E-state index in [1.54, 1.807) is 175 Å². The Labute approximate surface area is 465 Å². The van der Waals surface area contributed by atoms with Gasteiger partial charge in [0.05, 0.1) is 0 Å². The highest BCUT2D eigenvalue weighted by Crippen LogP contribution is 2.66. The Balaban J connectivity index is 0. The first kappa shape index (κ1) is 75.9. The first-order chi connectivity index (χ1) is 30.5. The van der Waals surface area contributed by atoms with E-state index >= 15 is 0 Å². The van der Waals surface area contributed by atoms with Crippen LogP contribution in [0.1, 0.15) is 291 Å². The van der Waals surface area contributed by atoms with E-state index < -0.39 is 0 Å². The molecule has 0 spiro atoms. The largest absolute Gasteiger partial charge is 0.158 e. The van der Waals surface area contributed by atoms with Gasteiger partial charge in [0.2, 0.25) is 0 Å². The van der Waals surface area contributed by atoms with E-state index in [4.69, 9.17) is 0 Å². The van der Waals surface area contributed by atoms with Crippen LogP contribution in [0.4, 0.5) is 0 Å². The Bertz CT molecular complexity index is 1290. The van der Waals surface area contributed by atoms with Crippen molar-refractivity contribution in [3.05, 3.63) is 0 Å². The summed E-state index contributed by atoms with van der Waals surface area (Å²) >= 11 is 0. The Morgan fingerprint density at radius 2 is 0.429 bits per heavy atom. The van der Waals surface area contributed by atoms with Crippen LogP contribution in [0, 0.1) is 71.0 Å². The van der Waals surface area contributed by atoms with Gasteiger partial charge in [-0.25, -0.2) is 0 Å². The lowest BCUT2D eigenvalue weighted by Crippen LogP contribution is -2.25. The lowest BCUT2D eigenvalue weighted by Gasteiger charge is -2.37. The van der Waals surface area contributed by atoms with Gasteiger partial charge >= 0.3 is 0 Å². The van der Waals surface area contributed by atoms with Gasteiger partial charge in [-0.2, -0.15) is 20.1 Å². The predicted octanol–water partition coefficient (Wildman–Crippen LogP) is 25.5. The van der Waals surface area contributed by atoms with Crippen molar-refractivity contribution in [3.63, 3.8) is 0 Å². The van der Waals surface area contributed by atoms with Gasteiger partial charge < -0.3 is 0 Å². The highest BCUT2D eigenvalue weighted by molar-refractivity contribution is 8.76. The lowest BCUT2D eigenvalue weighted by atomic mass is 9.69. The molecule has 6 unspecified atom stereocenters. The van der Waals surface area contributed by atoms with Gasteiger partial charge in [0.25, 0.3) is 0 Å². The van der Waals surface area contributed by atoms with Crippen molar-refractivity contribution in [2.75, 3.05) is 12.5 Å². The second-order valence-electron chi connectivity index (χ2n) is 23.7. The molecular weight excluding hydrogens is 1030 g/mol. The van der Waals surface area contributed by atoms with E-state index in [0.717, 1.165) is 81.5 Å². The molecule has 0 aromatic heterocycles. The van der Waals surface area contributed by atoms with Gasteiger partial charge in [0.15, 0.2) is 0 Å². The third-order valence-corrected chi connectivity index (χ3v) is 45.8. The van der Waals surface area contributed by atoms with Crippen LogP contribution in [0.5, 0.6) is 0 Å². The van der Waals surface area contributed by atoms with Crippen molar-refractivity contribution in [2.45, 2.75) is 301 Å². The molecule has 0 aliphatic heterocycles. The minimum absolute atomic E-state index is 0. The zero-order chi connectivity index (χ0) is 44.6. The Morgan fingerprint density at radius 1 is 0.286 bits per heavy atom. The molecular formula is C60H132P8S2. The van der Waals surface area contributed by atoms with Crippen LogP contribution >= 0.6 is 63.8 Å². The van der Waals surface area contributed by atoms with Gasteiger partial charge in [0.1, 0.15) is 0 Å². The molecule has 0 saturated heterocycles. The smallest absolute Gasteiger partial charge is 0.00357 e. The molecule has 0 nitrogen and oxygen atoms in total. The standard InChI is InChI=1S/C30H58P4S.C23H46P4S.7CH4/c1-3-23-4-6-24(7-5-23)20-25-8-10-26(11-9-25)21-27-12-14-28(15-13-27)22-29-16-18-30(19-17-29)35(2)33-34(31)32;1-3-18-4-6-19(7-5-18)16-20-8-10-21(11-9-20)17-22-12-14-23(15-13-22)28(2)26-27(24)25;;;;;;;/h23-30H,3-22,31-32H2,1-2H3;18-23H,3-17,24-25H2,1-2H3;7*1H4. The number of hydrogen-bond donors (Lipinski definition) is 0. The van der Waals surface area contributed by atoms with Crippen LogP contribution in [0.15, 0.2) is 0 Å². The summed E-state index contributed by atoms with van der Waals surface area (Å²) in [5.74, 6) is 13.0. The van der Waals surface area contributed by atoms with Crippen molar-refractivity contribution in [3.8, 4) is 0 Å². The molecule has 0 N–H and O–H groups in total.